The molecule has 2 heterocycles. The van der Waals surface area contributed by atoms with Crippen LogP contribution in [0.15, 0.2) is 47.4 Å². The Hall–Kier alpha value is -2.30. The average molecular weight is 503 g/mol. The number of hydrogen-bond donors (Lipinski definition) is 2. The highest BCUT2D eigenvalue weighted by atomic mass is 35.5. The number of nitrogens with zero attached hydrogens (tertiary/aromatic N) is 2. The normalized spacial score (nSPS) is 19.0. The number of aromatic nitrogens is 1. The summed E-state index contributed by atoms with van der Waals surface area (Å²) < 4.78 is 36.7. The van der Waals surface area contributed by atoms with Crippen LogP contribution in [-0.4, -0.2) is 56.7 Å². The summed E-state index contributed by atoms with van der Waals surface area (Å²) in [7, 11) is -3.84. The van der Waals surface area contributed by atoms with Crippen LogP contribution in [-0.2, 0) is 14.9 Å². The van der Waals surface area contributed by atoms with Crippen LogP contribution in [0.1, 0.15) is 25.7 Å². The van der Waals surface area contributed by atoms with Gasteiger partial charge >= 0.3 is 0 Å². The number of ether oxygens (including phenoxy) is 1. The maximum absolute atomic E-state index is 13.2. The highest BCUT2D eigenvalue weighted by molar-refractivity contribution is 7.90. The molecule has 3 aromatic rings. The number of benzene rings is 1. The molecule has 1 saturated heterocycles. The van der Waals surface area contributed by atoms with Gasteiger partial charge in [-0.05, 0) is 42.5 Å². The van der Waals surface area contributed by atoms with Crippen LogP contribution in [0.2, 0.25) is 5.02 Å². The van der Waals surface area contributed by atoms with E-state index in [0.717, 1.165) is 38.8 Å². The van der Waals surface area contributed by atoms with E-state index in [2.05, 4.69) is 19.3 Å². The molecular formula is C24H27ClN4O4S. The standard InChI is InChI=1S/C24H27ClN4O4S/c25-18-13-21-22(26-15-18)6-4-17-3-5-19(14-20(17)23(21)30)28-34(31,32)27-16-24(7-1-2-8-24)29-9-11-33-12-10-29/h3-6,13-15,27-28H,1-2,7-12,16H2. The van der Waals surface area contributed by atoms with Gasteiger partial charge in [0.2, 0.25) is 0 Å². The third kappa shape index (κ3) is 4.76. The molecule has 0 radical (unpaired) electrons. The summed E-state index contributed by atoms with van der Waals surface area (Å²) in [6, 6.07) is 10.1. The molecule has 1 saturated carbocycles. The van der Waals surface area contributed by atoms with E-state index >= 15 is 0 Å². The van der Waals surface area contributed by atoms with Crippen LogP contribution in [0.3, 0.4) is 0 Å². The predicted molar refractivity (Wildman–Crippen MR) is 135 cm³/mol. The zero-order chi connectivity index (χ0) is 23.8. The van der Waals surface area contributed by atoms with Crippen molar-refractivity contribution in [1.82, 2.24) is 14.6 Å². The molecule has 2 N–H and O–H groups in total. The van der Waals surface area contributed by atoms with Crippen LogP contribution in [0, 0.1) is 0 Å². The van der Waals surface area contributed by atoms with E-state index < -0.39 is 10.2 Å². The summed E-state index contributed by atoms with van der Waals surface area (Å²) >= 11 is 6.05. The van der Waals surface area contributed by atoms with Gasteiger partial charge in [-0.25, -0.2) is 0 Å². The van der Waals surface area contributed by atoms with Crippen molar-refractivity contribution in [2.75, 3.05) is 37.6 Å². The van der Waals surface area contributed by atoms with Gasteiger partial charge in [0.05, 0.1) is 29.4 Å². The molecule has 0 bridgehead atoms. The highest BCUT2D eigenvalue weighted by Crippen LogP contribution is 2.35. The van der Waals surface area contributed by atoms with Crippen LogP contribution in [0.5, 0.6) is 0 Å². The van der Waals surface area contributed by atoms with Crippen molar-refractivity contribution < 1.29 is 13.2 Å². The molecule has 2 fully saturated rings. The zero-order valence-corrected chi connectivity index (χ0v) is 20.3. The summed E-state index contributed by atoms with van der Waals surface area (Å²) in [5.41, 5.74) is 0.414. The van der Waals surface area contributed by atoms with Gasteiger partial charge in [-0.3, -0.25) is 19.4 Å². The van der Waals surface area contributed by atoms with E-state index in [4.69, 9.17) is 16.3 Å². The van der Waals surface area contributed by atoms with Crippen LogP contribution in [0.25, 0.3) is 21.7 Å². The summed E-state index contributed by atoms with van der Waals surface area (Å²) in [6.45, 7) is 3.32. The molecule has 1 aliphatic heterocycles. The largest absolute Gasteiger partial charge is 0.379 e. The van der Waals surface area contributed by atoms with Crippen LogP contribution in [0.4, 0.5) is 5.69 Å². The molecule has 0 amide bonds. The van der Waals surface area contributed by atoms with Gasteiger partial charge in [0.1, 0.15) is 0 Å². The second-order valence-corrected chi connectivity index (χ2v) is 10.9. The molecule has 2 aliphatic rings. The number of fused-ring (bicyclic) bond motifs is 2. The summed E-state index contributed by atoms with van der Waals surface area (Å²) in [4.78, 5) is 19.8. The molecule has 0 unspecified atom stereocenters. The Kier molecular flexibility index (Phi) is 6.47. The molecule has 34 heavy (non-hydrogen) atoms. The minimum Gasteiger partial charge on any atom is -0.379 e. The average Bonchev–Trinajstić information content (AvgIpc) is 3.28. The minimum absolute atomic E-state index is 0.178. The van der Waals surface area contributed by atoms with Crippen molar-refractivity contribution in [3.8, 4) is 0 Å². The number of hydrogen-bond acceptors (Lipinski definition) is 6. The molecule has 8 nitrogen and oxygen atoms in total. The third-order valence-electron chi connectivity index (χ3n) is 6.91. The molecule has 0 atom stereocenters. The van der Waals surface area contributed by atoms with Crippen molar-refractivity contribution in [1.29, 1.82) is 0 Å². The van der Waals surface area contributed by atoms with Gasteiger partial charge in [-0.2, -0.15) is 13.1 Å². The molecule has 5 rings (SSSR count). The van der Waals surface area contributed by atoms with E-state index in [9.17, 15) is 13.2 Å². The number of nitrogens with one attached hydrogen (secondary N) is 2. The number of morpholine rings is 1. The third-order valence-corrected chi connectivity index (χ3v) is 8.14. The smallest absolute Gasteiger partial charge is 0.299 e. The van der Waals surface area contributed by atoms with Crippen LogP contribution < -0.4 is 14.9 Å². The van der Waals surface area contributed by atoms with Gasteiger partial charge in [-0.1, -0.05) is 36.6 Å². The molecule has 180 valence electrons. The molecular weight excluding hydrogens is 476 g/mol. The lowest BCUT2D eigenvalue weighted by Gasteiger charge is -2.43. The Balaban J connectivity index is 1.40. The molecule has 0 spiro atoms. The Bertz CT molecular complexity index is 1390. The first kappa shape index (κ1) is 23.4. The Morgan fingerprint density at radius 1 is 1.06 bits per heavy atom. The Morgan fingerprint density at radius 3 is 2.56 bits per heavy atom. The number of halogens is 1. The lowest BCUT2D eigenvalue weighted by molar-refractivity contribution is -0.0186. The first-order valence-electron chi connectivity index (χ1n) is 11.5. The lowest BCUT2D eigenvalue weighted by Crippen LogP contribution is -2.57. The quantitative estimate of drug-likeness (QED) is 0.536. The minimum atomic E-state index is -3.84. The second-order valence-electron chi connectivity index (χ2n) is 9.01. The Morgan fingerprint density at radius 2 is 1.79 bits per heavy atom. The van der Waals surface area contributed by atoms with E-state index in [-0.39, 0.29) is 11.0 Å². The summed E-state index contributed by atoms with van der Waals surface area (Å²) in [5, 5.41) is 1.83. The summed E-state index contributed by atoms with van der Waals surface area (Å²) in [6.07, 6.45) is 5.60. The fraction of sp³-hybridized carbons (Fsp3) is 0.417. The van der Waals surface area contributed by atoms with Crippen LogP contribution >= 0.6 is 11.6 Å². The summed E-state index contributed by atoms with van der Waals surface area (Å²) in [5.74, 6) is 0. The SMILES string of the molecule is O=c1c2cc(NS(=O)(=O)NCC3(N4CCOCC4)CCCC3)ccc2ccc2ncc(Cl)cc12. The van der Waals surface area contributed by atoms with Crippen molar-refractivity contribution in [3.63, 3.8) is 0 Å². The van der Waals surface area contributed by atoms with E-state index in [1.165, 1.54) is 6.20 Å². The fourth-order valence-corrected chi connectivity index (χ4v) is 6.26. The van der Waals surface area contributed by atoms with Crippen molar-refractivity contribution in [2.24, 2.45) is 0 Å². The monoisotopic (exact) mass is 502 g/mol. The van der Waals surface area contributed by atoms with Gasteiger partial charge in [0, 0.05) is 42.1 Å². The number of rotatable bonds is 6. The van der Waals surface area contributed by atoms with Gasteiger partial charge in [-0.15, -0.1) is 0 Å². The lowest BCUT2D eigenvalue weighted by atomic mass is 9.95. The van der Waals surface area contributed by atoms with E-state index in [1.54, 1.807) is 36.4 Å². The molecule has 1 aromatic heterocycles. The molecule has 10 heteroatoms. The first-order chi connectivity index (χ1) is 16.4. The maximum Gasteiger partial charge on any atom is 0.299 e. The van der Waals surface area contributed by atoms with Crippen molar-refractivity contribution >= 4 is 49.2 Å². The molecule has 1 aliphatic carbocycles. The Labute approximate surface area is 203 Å². The van der Waals surface area contributed by atoms with E-state index in [0.29, 0.717) is 52.1 Å². The number of pyridine rings is 1. The van der Waals surface area contributed by atoms with Gasteiger partial charge in [0.25, 0.3) is 10.2 Å². The fourth-order valence-electron chi connectivity index (χ4n) is 5.14. The second kappa shape index (κ2) is 9.39. The topological polar surface area (TPSA) is 101 Å². The maximum atomic E-state index is 13.2. The molecule has 2 aromatic carbocycles. The van der Waals surface area contributed by atoms with E-state index in [1.807, 2.05) is 0 Å². The van der Waals surface area contributed by atoms with Crippen molar-refractivity contribution in [2.45, 2.75) is 31.2 Å². The highest BCUT2D eigenvalue weighted by Gasteiger charge is 2.40. The zero-order valence-electron chi connectivity index (χ0n) is 18.7. The first-order valence-corrected chi connectivity index (χ1v) is 13.3. The van der Waals surface area contributed by atoms with Gasteiger partial charge < -0.3 is 4.74 Å². The predicted octanol–water partition coefficient (Wildman–Crippen LogP) is 3.29. The number of anilines is 1. The van der Waals surface area contributed by atoms with Crippen molar-refractivity contribution in [3.05, 3.63) is 57.8 Å². The van der Waals surface area contributed by atoms with Gasteiger partial charge in [0.15, 0.2) is 5.43 Å².